The minimum atomic E-state index is 0.0186. The van der Waals surface area contributed by atoms with E-state index in [-0.39, 0.29) is 6.10 Å². The first kappa shape index (κ1) is 12.8. The van der Waals surface area contributed by atoms with Gasteiger partial charge in [-0.3, -0.25) is 0 Å². The average Bonchev–Trinajstić information content (AvgIpc) is 2.99. The summed E-state index contributed by atoms with van der Waals surface area (Å²) in [6.45, 7) is 4.31. The van der Waals surface area contributed by atoms with Crippen molar-refractivity contribution in [3.8, 4) is 11.5 Å². The molecule has 104 valence electrons. The zero-order chi connectivity index (χ0) is 14.1. The monoisotopic (exact) mass is 270 g/mol. The SMILES string of the molecule is COc1ccc2c(c1)C=C(n1ccnc1)C(C(C)C)O2. The zero-order valence-corrected chi connectivity index (χ0v) is 11.9. The molecule has 2 heterocycles. The van der Waals surface area contributed by atoms with Crippen LogP contribution in [-0.4, -0.2) is 22.8 Å². The first-order valence-corrected chi connectivity index (χ1v) is 6.73. The molecule has 1 aromatic heterocycles. The lowest BCUT2D eigenvalue weighted by atomic mass is 9.98. The van der Waals surface area contributed by atoms with Crippen molar-refractivity contribution in [3.05, 3.63) is 42.5 Å². The topological polar surface area (TPSA) is 36.3 Å². The van der Waals surface area contributed by atoms with Gasteiger partial charge in [0.1, 0.15) is 17.6 Å². The molecule has 1 unspecified atom stereocenters. The van der Waals surface area contributed by atoms with Crippen molar-refractivity contribution in [2.24, 2.45) is 5.92 Å². The number of benzene rings is 1. The van der Waals surface area contributed by atoms with Crippen molar-refractivity contribution in [2.45, 2.75) is 20.0 Å². The molecule has 3 rings (SSSR count). The number of ether oxygens (including phenoxy) is 2. The van der Waals surface area contributed by atoms with E-state index in [4.69, 9.17) is 9.47 Å². The van der Waals surface area contributed by atoms with Crippen LogP contribution in [0.5, 0.6) is 11.5 Å². The van der Waals surface area contributed by atoms with Crippen LogP contribution in [0.15, 0.2) is 36.9 Å². The summed E-state index contributed by atoms with van der Waals surface area (Å²) >= 11 is 0. The molecule has 0 bridgehead atoms. The van der Waals surface area contributed by atoms with Gasteiger partial charge in [-0.1, -0.05) is 13.8 Å². The van der Waals surface area contributed by atoms with Gasteiger partial charge in [-0.2, -0.15) is 0 Å². The lowest BCUT2D eigenvalue weighted by molar-refractivity contribution is 0.198. The lowest BCUT2D eigenvalue weighted by Gasteiger charge is -2.30. The van der Waals surface area contributed by atoms with Gasteiger partial charge in [0, 0.05) is 18.0 Å². The maximum Gasteiger partial charge on any atom is 0.141 e. The number of hydrogen-bond acceptors (Lipinski definition) is 3. The Balaban J connectivity index is 2.09. The third-order valence-electron chi connectivity index (χ3n) is 3.47. The summed E-state index contributed by atoms with van der Waals surface area (Å²) in [6.07, 6.45) is 7.68. The molecule has 1 aromatic carbocycles. The van der Waals surface area contributed by atoms with Crippen molar-refractivity contribution >= 4 is 11.8 Å². The van der Waals surface area contributed by atoms with Gasteiger partial charge in [0.2, 0.25) is 0 Å². The van der Waals surface area contributed by atoms with Crippen LogP contribution in [0.25, 0.3) is 11.8 Å². The summed E-state index contributed by atoms with van der Waals surface area (Å²) < 4.78 is 13.4. The summed E-state index contributed by atoms with van der Waals surface area (Å²) in [5, 5.41) is 0. The molecule has 2 aromatic rings. The smallest absolute Gasteiger partial charge is 0.141 e. The van der Waals surface area contributed by atoms with Crippen LogP contribution in [0.1, 0.15) is 19.4 Å². The van der Waals surface area contributed by atoms with Gasteiger partial charge in [-0.05, 0) is 30.2 Å². The molecule has 1 aliphatic rings. The van der Waals surface area contributed by atoms with Crippen molar-refractivity contribution in [2.75, 3.05) is 7.11 Å². The maximum absolute atomic E-state index is 6.16. The van der Waals surface area contributed by atoms with E-state index < -0.39 is 0 Å². The largest absolute Gasteiger partial charge is 0.497 e. The van der Waals surface area contributed by atoms with E-state index in [9.17, 15) is 0 Å². The molecule has 0 N–H and O–H groups in total. The molecule has 1 atom stereocenters. The van der Waals surface area contributed by atoms with Crippen LogP contribution in [0.2, 0.25) is 0 Å². The Morgan fingerprint density at radius 2 is 2.20 bits per heavy atom. The zero-order valence-electron chi connectivity index (χ0n) is 11.9. The Labute approximate surface area is 118 Å². The van der Waals surface area contributed by atoms with Crippen LogP contribution >= 0.6 is 0 Å². The summed E-state index contributed by atoms with van der Waals surface area (Å²) in [6, 6.07) is 5.87. The van der Waals surface area contributed by atoms with E-state index in [1.54, 1.807) is 19.6 Å². The highest BCUT2D eigenvalue weighted by atomic mass is 16.5. The molecule has 0 spiro atoms. The molecule has 4 heteroatoms. The minimum Gasteiger partial charge on any atom is -0.497 e. The Morgan fingerprint density at radius 1 is 1.35 bits per heavy atom. The van der Waals surface area contributed by atoms with E-state index in [2.05, 4.69) is 24.9 Å². The van der Waals surface area contributed by atoms with Crippen LogP contribution in [-0.2, 0) is 0 Å². The van der Waals surface area contributed by atoms with Crippen LogP contribution < -0.4 is 9.47 Å². The number of aromatic nitrogens is 2. The van der Waals surface area contributed by atoms with Crippen molar-refractivity contribution < 1.29 is 9.47 Å². The Hall–Kier alpha value is -2.23. The van der Waals surface area contributed by atoms with Gasteiger partial charge in [-0.25, -0.2) is 4.98 Å². The van der Waals surface area contributed by atoms with E-state index in [0.29, 0.717) is 5.92 Å². The van der Waals surface area contributed by atoms with Crippen molar-refractivity contribution in [1.29, 1.82) is 0 Å². The fraction of sp³-hybridized carbons (Fsp3) is 0.312. The molecule has 1 aliphatic heterocycles. The minimum absolute atomic E-state index is 0.0186. The fourth-order valence-corrected chi connectivity index (χ4v) is 2.42. The van der Waals surface area contributed by atoms with E-state index >= 15 is 0 Å². The molecule has 4 nitrogen and oxygen atoms in total. The Kier molecular flexibility index (Phi) is 3.22. The van der Waals surface area contributed by atoms with Gasteiger partial charge in [-0.15, -0.1) is 0 Å². The quantitative estimate of drug-likeness (QED) is 0.858. The number of imidazole rings is 1. The second-order valence-corrected chi connectivity index (χ2v) is 5.23. The molecule has 0 saturated heterocycles. The number of rotatable bonds is 3. The number of fused-ring (bicyclic) bond motifs is 1. The third kappa shape index (κ3) is 2.18. The van der Waals surface area contributed by atoms with Gasteiger partial charge >= 0.3 is 0 Å². The molecule has 0 aliphatic carbocycles. The predicted molar refractivity (Wildman–Crippen MR) is 78.6 cm³/mol. The van der Waals surface area contributed by atoms with Crippen molar-refractivity contribution in [3.63, 3.8) is 0 Å². The molecular weight excluding hydrogens is 252 g/mol. The van der Waals surface area contributed by atoms with Gasteiger partial charge < -0.3 is 14.0 Å². The molecule has 20 heavy (non-hydrogen) atoms. The number of hydrogen-bond donors (Lipinski definition) is 0. The Morgan fingerprint density at radius 3 is 2.85 bits per heavy atom. The summed E-state index contributed by atoms with van der Waals surface area (Å²) in [5.41, 5.74) is 2.13. The van der Waals surface area contributed by atoms with Crippen molar-refractivity contribution in [1.82, 2.24) is 9.55 Å². The second kappa shape index (κ2) is 5.04. The number of nitrogens with zero attached hydrogens (tertiary/aromatic N) is 2. The van der Waals surface area contributed by atoms with Gasteiger partial charge in [0.05, 0.1) is 19.1 Å². The van der Waals surface area contributed by atoms with E-state index in [1.165, 1.54) is 0 Å². The summed E-state index contributed by atoms with van der Waals surface area (Å²) in [7, 11) is 1.67. The highest BCUT2D eigenvalue weighted by Crippen LogP contribution is 2.36. The van der Waals surface area contributed by atoms with Gasteiger partial charge in [0.25, 0.3) is 0 Å². The first-order valence-electron chi connectivity index (χ1n) is 6.73. The normalized spacial score (nSPS) is 17.4. The fourth-order valence-electron chi connectivity index (χ4n) is 2.42. The van der Waals surface area contributed by atoms with E-state index in [1.807, 2.05) is 29.0 Å². The van der Waals surface area contributed by atoms with Crippen LogP contribution in [0.4, 0.5) is 0 Å². The standard InChI is InChI=1S/C16H18N2O2/c1-11(2)16-14(18-7-6-17-10-18)9-12-8-13(19-3)4-5-15(12)20-16/h4-11,16H,1-3H3. The summed E-state index contributed by atoms with van der Waals surface area (Å²) in [4.78, 5) is 4.12. The molecule has 0 radical (unpaired) electrons. The van der Waals surface area contributed by atoms with Crippen LogP contribution in [0.3, 0.4) is 0 Å². The summed E-state index contributed by atoms with van der Waals surface area (Å²) in [5.74, 6) is 2.10. The van der Waals surface area contributed by atoms with E-state index in [0.717, 1.165) is 22.8 Å². The maximum atomic E-state index is 6.16. The molecule has 0 fully saturated rings. The molecule has 0 amide bonds. The molecular formula is C16H18N2O2. The number of methoxy groups -OCH3 is 1. The second-order valence-electron chi connectivity index (χ2n) is 5.23. The van der Waals surface area contributed by atoms with Crippen LogP contribution in [0, 0.1) is 5.92 Å². The molecule has 0 saturated carbocycles. The Bertz CT molecular complexity index is 630. The highest BCUT2D eigenvalue weighted by Gasteiger charge is 2.26. The highest BCUT2D eigenvalue weighted by molar-refractivity contribution is 5.79. The van der Waals surface area contributed by atoms with Gasteiger partial charge in [0.15, 0.2) is 0 Å². The average molecular weight is 270 g/mol. The lowest BCUT2D eigenvalue weighted by Crippen LogP contribution is -2.29. The third-order valence-corrected chi connectivity index (χ3v) is 3.47. The first-order chi connectivity index (χ1) is 9.69. The predicted octanol–water partition coefficient (Wildman–Crippen LogP) is 3.31.